The Balaban J connectivity index is 1.07. The Kier molecular flexibility index (Phi) is 7.69. The number of rotatable bonds is 5. The van der Waals surface area contributed by atoms with Gasteiger partial charge in [0.15, 0.2) is 7.28 Å². The van der Waals surface area contributed by atoms with Gasteiger partial charge in [-0.1, -0.05) is 154 Å². The fourth-order valence-corrected chi connectivity index (χ4v) is 10.7. The van der Waals surface area contributed by atoms with E-state index in [1.165, 1.54) is 33.0 Å². The van der Waals surface area contributed by atoms with Crippen molar-refractivity contribution in [2.45, 2.75) is 26.2 Å². The summed E-state index contributed by atoms with van der Waals surface area (Å²) in [7, 11) is 0.720. The monoisotopic (exact) mass is 848 g/mol. The van der Waals surface area contributed by atoms with Crippen LogP contribution in [0.4, 0.5) is 11.4 Å². The van der Waals surface area contributed by atoms with Crippen LogP contribution in [0.15, 0.2) is 195 Å². The minimum absolute atomic E-state index is 0.0480. The lowest BCUT2D eigenvalue weighted by molar-refractivity contribution is 0.590. The lowest BCUT2D eigenvalue weighted by Gasteiger charge is -2.24. The van der Waals surface area contributed by atoms with Gasteiger partial charge in [-0.15, -0.1) is 0 Å². The molecule has 312 valence electrons. The Morgan fingerprint density at radius 3 is 1.73 bits per heavy atom. The van der Waals surface area contributed by atoms with Gasteiger partial charge in [-0.2, -0.15) is 0 Å². The number of fused-ring (bicyclic) bond motifs is 12. The van der Waals surface area contributed by atoms with Crippen LogP contribution in [0.5, 0.6) is 0 Å². The molecular weight excluding hydrogens is 807 g/mol. The Bertz CT molecular complexity index is 4130. The largest absolute Gasteiger partial charge is 0.456 e. The summed E-state index contributed by atoms with van der Waals surface area (Å²) in [5.41, 5.74) is 17.3. The highest BCUT2D eigenvalue weighted by molar-refractivity contribution is 6.73. The first kappa shape index (κ1) is 37.2. The molecule has 1 N–H and O–H groups in total. The standard InChI is InChI=1S/C60H41BN2O3/c1-60(2,3)36-22-24-37(25-23-36)62-49-33-55-44(38-18-10-12-20-52(38)65-55)28-42(49)40-26-27-41-43-32-54-45(39-19-11-13-21-53(39)64-54)30-50(43)63-51-31-47-46(29-48(51)61-56(40)57(41)63)58(34-14-6-4-7-15-34)66-59(47)35-16-8-5-9-17-35/h4-33,61-62H,1-3H3. The number of hydrogen-bond donors (Lipinski definition) is 1. The predicted octanol–water partition coefficient (Wildman–Crippen LogP) is 15.1. The second-order valence-electron chi connectivity index (χ2n) is 18.9. The van der Waals surface area contributed by atoms with Crippen molar-refractivity contribution in [1.82, 2.24) is 4.57 Å². The van der Waals surface area contributed by atoms with Crippen molar-refractivity contribution in [2.75, 3.05) is 5.32 Å². The van der Waals surface area contributed by atoms with Gasteiger partial charge >= 0.3 is 0 Å². The molecule has 0 unspecified atom stereocenters. The van der Waals surface area contributed by atoms with Gasteiger partial charge in [-0.05, 0) is 70.5 Å². The minimum Gasteiger partial charge on any atom is -0.456 e. The fraction of sp³-hybridized carbons (Fsp3) is 0.0667. The van der Waals surface area contributed by atoms with Crippen LogP contribution in [0.25, 0.3) is 116 Å². The number of para-hydroxylation sites is 2. The van der Waals surface area contributed by atoms with E-state index < -0.39 is 0 Å². The van der Waals surface area contributed by atoms with Crippen molar-refractivity contribution in [1.29, 1.82) is 0 Å². The number of hydrogen-bond acceptors (Lipinski definition) is 4. The van der Waals surface area contributed by atoms with Gasteiger partial charge in [0, 0.05) is 82.7 Å². The summed E-state index contributed by atoms with van der Waals surface area (Å²) in [6.45, 7) is 6.76. The topological polar surface area (TPSA) is 56.4 Å². The van der Waals surface area contributed by atoms with E-state index in [1.807, 2.05) is 12.1 Å². The molecule has 0 saturated heterocycles. The van der Waals surface area contributed by atoms with Gasteiger partial charge in [0.05, 0.1) is 11.2 Å². The maximum absolute atomic E-state index is 6.99. The molecule has 0 fully saturated rings. The summed E-state index contributed by atoms with van der Waals surface area (Å²) >= 11 is 0. The summed E-state index contributed by atoms with van der Waals surface area (Å²) in [6.07, 6.45) is 0. The molecule has 66 heavy (non-hydrogen) atoms. The molecule has 0 radical (unpaired) electrons. The molecule has 5 nitrogen and oxygen atoms in total. The molecule has 0 bridgehead atoms. The molecule has 0 saturated carbocycles. The molecule has 4 aromatic heterocycles. The molecule has 0 amide bonds. The molecule has 5 heterocycles. The van der Waals surface area contributed by atoms with E-state index in [9.17, 15) is 0 Å². The van der Waals surface area contributed by atoms with Crippen LogP contribution < -0.4 is 16.2 Å². The molecule has 1 aliphatic rings. The van der Waals surface area contributed by atoms with Gasteiger partial charge in [0.25, 0.3) is 0 Å². The highest BCUT2D eigenvalue weighted by Gasteiger charge is 2.30. The normalized spacial score (nSPS) is 12.6. The molecule has 9 aromatic carbocycles. The van der Waals surface area contributed by atoms with E-state index in [0.29, 0.717) is 0 Å². The van der Waals surface area contributed by atoms with Gasteiger partial charge in [-0.25, -0.2) is 0 Å². The summed E-state index contributed by atoms with van der Waals surface area (Å²) < 4.78 is 22.6. The summed E-state index contributed by atoms with van der Waals surface area (Å²) in [4.78, 5) is 0. The zero-order valence-corrected chi connectivity index (χ0v) is 36.7. The third kappa shape index (κ3) is 5.48. The van der Waals surface area contributed by atoms with E-state index in [0.717, 1.165) is 118 Å². The maximum atomic E-state index is 6.99. The van der Waals surface area contributed by atoms with Crippen LogP contribution >= 0.6 is 0 Å². The van der Waals surface area contributed by atoms with Crippen molar-refractivity contribution >= 4 is 106 Å². The van der Waals surface area contributed by atoms with Crippen molar-refractivity contribution < 1.29 is 13.3 Å². The van der Waals surface area contributed by atoms with Crippen molar-refractivity contribution in [3.63, 3.8) is 0 Å². The van der Waals surface area contributed by atoms with Crippen molar-refractivity contribution in [2.24, 2.45) is 0 Å². The molecule has 14 rings (SSSR count). The zero-order chi connectivity index (χ0) is 43.8. The third-order valence-electron chi connectivity index (χ3n) is 14.0. The molecule has 6 heteroatoms. The number of aromatic nitrogens is 1. The molecule has 0 atom stereocenters. The maximum Gasteiger partial charge on any atom is 0.198 e. The lowest BCUT2D eigenvalue weighted by Crippen LogP contribution is -2.37. The number of furan rings is 3. The van der Waals surface area contributed by atoms with Gasteiger partial charge < -0.3 is 23.1 Å². The average Bonchev–Trinajstić information content (AvgIpc) is 4.10. The lowest BCUT2D eigenvalue weighted by atomic mass is 9.58. The zero-order valence-electron chi connectivity index (χ0n) is 36.7. The SMILES string of the molecule is CC(C)(C)c1ccc(Nc2cc3oc4ccccc4c3cc2-c2ccc3c4cc5oc6ccccc6c5cc4n4c3c2Bc2cc3c(-c5ccccc5)oc(-c5ccccc5)c3cc2-4)cc1. The van der Waals surface area contributed by atoms with Crippen LogP contribution in [0.3, 0.4) is 0 Å². The van der Waals surface area contributed by atoms with E-state index >= 15 is 0 Å². The van der Waals surface area contributed by atoms with E-state index in [4.69, 9.17) is 13.3 Å². The van der Waals surface area contributed by atoms with Crippen LogP contribution in [-0.4, -0.2) is 11.8 Å². The van der Waals surface area contributed by atoms with Crippen LogP contribution in [-0.2, 0) is 5.41 Å². The molecule has 0 aliphatic carbocycles. The molecular formula is C60H41BN2O3. The fourth-order valence-electron chi connectivity index (χ4n) is 10.7. The molecule has 0 spiro atoms. The molecule has 1 aliphatic heterocycles. The van der Waals surface area contributed by atoms with E-state index in [-0.39, 0.29) is 5.41 Å². The Morgan fingerprint density at radius 1 is 0.455 bits per heavy atom. The second-order valence-corrected chi connectivity index (χ2v) is 18.9. The van der Waals surface area contributed by atoms with Gasteiger partial charge in [0.2, 0.25) is 0 Å². The smallest absolute Gasteiger partial charge is 0.198 e. The first-order valence-corrected chi connectivity index (χ1v) is 22.8. The minimum atomic E-state index is 0.0480. The van der Waals surface area contributed by atoms with E-state index in [1.54, 1.807) is 0 Å². The number of benzene rings is 9. The second kappa shape index (κ2) is 13.6. The summed E-state index contributed by atoms with van der Waals surface area (Å²) in [6, 6.07) is 65.2. The highest BCUT2D eigenvalue weighted by Crippen LogP contribution is 2.45. The Labute approximate surface area is 380 Å². The van der Waals surface area contributed by atoms with Crippen LogP contribution in [0, 0.1) is 0 Å². The van der Waals surface area contributed by atoms with Crippen molar-refractivity contribution in [3.05, 3.63) is 188 Å². The quantitative estimate of drug-likeness (QED) is 0.175. The highest BCUT2D eigenvalue weighted by atomic mass is 16.3. The van der Waals surface area contributed by atoms with Gasteiger partial charge in [-0.3, -0.25) is 0 Å². The van der Waals surface area contributed by atoms with Crippen LogP contribution in [0.1, 0.15) is 26.3 Å². The Morgan fingerprint density at radius 2 is 1.06 bits per heavy atom. The molecule has 13 aromatic rings. The number of nitrogens with one attached hydrogen (secondary N) is 1. The van der Waals surface area contributed by atoms with E-state index in [2.05, 4.69) is 201 Å². The van der Waals surface area contributed by atoms with Gasteiger partial charge in [0.1, 0.15) is 33.9 Å². The first-order chi connectivity index (χ1) is 32.3. The summed E-state index contributed by atoms with van der Waals surface area (Å²) in [5, 5.41) is 12.8. The third-order valence-corrected chi connectivity index (χ3v) is 14.0. The van der Waals surface area contributed by atoms with Crippen molar-refractivity contribution in [3.8, 4) is 39.5 Å². The van der Waals surface area contributed by atoms with Crippen LogP contribution in [0.2, 0.25) is 0 Å². The summed E-state index contributed by atoms with van der Waals surface area (Å²) in [5.74, 6) is 1.75. The average molecular weight is 849 g/mol. The number of anilines is 2. The first-order valence-electron chi connectivity index (χ1n) is 22.8. The predicted molar refractivity (Wildman–Crippen MR) is 276 cm³/mol. The number of nitrogens with zero attached hydrogens (tertiary/aromatic N) is 1. The Hall–Kier alpha value is -8.22.